The number of aryl methyl sites for hydroxylation is 2. The van der Waals surface area contributed by atoms with Crippen LogP contribution in [0.1, 0.15) is 11.8 Å². The minimum absolute atomic E-state index is 0.642. The lowest BCUT2D eigenvalue weighted by molar-refractivity contribution is 0.561. The highest BCUT2D eigenvalue weighted by molar-refractivity contribution is 6.19. The first-order valence-electron chi connectivity index (χ1n) is 5.79. The quantitative estimate of drug-likeness (QED) is 0.468. The number of nitrogens with zero attached hydrogens (tertiary/aromatic N) is 2. The average Bonchev–Trinajstić information content (AvgIpc) is 2.92. The van der Waals surface area contributed by atoms with Crippen LogP contribution in [0.15, 0.2) is 33.1 Å². The average molecular weight is 238 g/mol. The molecule has 0 N–H and O–H groups in total. The van der Waals surface area contributed by atoms with Crippen molar-refractivity contribution < 1.29 is 8.83 Å². The number of fused-ring (bicyclic) bond motifs is 6. The molecule has 0 fully saturated rings. The maximum absolute atomic E-state index is 5.71. The van der Waals surface area contributed by atoms with Crippen molar-refractivity contribution >= 4 is 33.0 Å². The third-order valence-electron chi connectivity index (χ3n) is 3.11. The number of hydrogen-bond donors (Lipinski definition) is 0. The van der Waals surface area contributed by atoms with E-state index in [0.717, 1.165) is 33.0 Å². The summed E-state index contributed by atoms with van der Waals surface area (Å²) in [6, 6.07) is 7.99. The predicted molar refractivity (Wildman–Crippen MR) is 68.6 cm³/mol. The van der Waals surface area contributed by atoms with Crippen LogP contribution >= 0.6 is 0 Å². The van der Waals surface area contributed by atoms with Crippen LogP contribution in [0.25, 0.3) is 33.0 Å². The molecule has 2 heterocycles. The molecule has 0 amide bonds. The van der Waals surface area contributed by atoms with Gasteiger partial charge in [-0.2, -0.15) is 0 Å². The highest BCUT2D eigenvalue weighted by Gasteiger charge is 2.17. The monoisotopic (exact) mass is 238 g/mol. The first-order chi connectivity index (χ1) is 8.74. The lowest BCUT2D eigenvalue weighted by Crippen LogP contribution is -1.78. The standard InChI is InChI=1S/C14H10N2O2/c1-7-15-11-12-14(18-8(2)16-12)10-6-4-3-5-9(10)13(11)17-7/h3-6H,1-2H3. The molecule has 0 atom stereocenters. The van der Waals surface area contributed by atoms with E-state index in [4.69, 9.17) is 8.83 Å². The van der Waals surface area contributed by atoms with Gasteiger partial charge in [0.05, 0.1) is 0 Å². The van der Waals surface area contributed by atoms with Gasteiger partial charge in [0.1, 0.15) is 11.0 Å². The van der Waals surface area contributed by atoms with E-state index in [2.05, 4.69) is 9.97 Å². The maximum atomic E-state index is 5.71. The molecule has 88 valence electrons. The second kappa shape index (κ2) is 3.10. The van der Waals surface area contributed by atoms with E-state index in [1.807, 2.05) is 38.1 Å². The van der Waals surface area contributed by atoms with Crippen molar-refractivity contribution in [2.45, 2.75) is 13.8 Å². The Morgan fingerprint density at radius 1 is 0.778 bits per heavy atom. The van der Waals surface area contributed by atoms with Crippen LogP contribution in [-0.4, -0.2) is 9.97 Å². The zero-order valence-corrected chi connectivity index (χ0v) is 10.0. The van der Waals surface area contributed by atoms with Crippen molar-refractivity contribution in [1.29, 1.82) is 0 Å². The van der Waals surface area contributed by atoms with Gasteiger partial charge in [0.25, 0.3) is 0 Å². The van der Waals surface area contributed by atoms with Crippen molar-refractivity contribution in [2.75, 3.05) is 0 Å². The van der Waals surface area contributed by atoms with E-state index in [1.165, 1.54) is 0 Å². The van der Waals surface area contributed by atoms with Crippen LogP contribution in [-0.2, 0) is 0 Å². The molecule has 0 bridgehead atoms. The number of benzene rings is 2. The highest BCUT2D eigenvalue weighted by atomic mass is 16.4. The summed E-state index contributed by atoms with van der Waals surface area (Å²) in [4.78, 5) is 8.83. The third kappa shape index (κ3) is 1.09. The lowest BCUT2D eigenvalue weighted by Gasteiger charge is -1.98. The Labute approximate surface area is 102 Å². The molecule has 18 heavy (non-hydrogen) atoms. The second-order valence-electron chi connectivity index (χ2n) is 4.37. The van der Waals surface area contributed by atoms with Crippen LogP contribution < -0.4 is 0 Å². The van der Waals surface area contributed by atoms with E-state index >= 15 is 0 Å². The van der Waals surface area contributed by atoms with Gasteiger partial charge in [-0.15, -0.1) is 0 Å². The molecule has 2 aromatic heterocycles. The van der Waals surface area contributed by atoms with Gasteiger partial charge in [0.15, 0.2) is 22.9 Å². The Kier molecular flexibility index (Phi) is 1.66. The number of hydrogen-bond acceptors (Lipinski definition) is 4. The molecule has 4 heteroatoms. The van der Waals surface area contributed by atoms with Crippen molar-refractivity contribution in [2.24, 2.45) is 0 Å². The van der Waals surface area contributed by atoms with E-state index in [9.17, 15) is 0 Å². The number of rotatable bonds is 0. The number of oxazole rings is 2. The summed E-state index contributed by atoms with van der Waals surface area (Å²) in [6.45, 7) is 3.68. The summed E-state index contributed by atoms with van der Waals surface area (Å²) in [5.74, 6) is 1.28. The van der Waals surface area contributed by atoms with E-state index in [0.29, 0.717) is 11.8 Å². The number of aromatic nitrogens is 2. The SMILES string of the molecule is Cc1nc2c3nc(C)oc3c3ccccc3c2o1. The summed E-state index contributed by atoms with van der Waals surface area (Å²) >= 11 is 0. The largest absolute Gasteiger partial charge is 0.440 e. The molecule has 0 aliphatic heterocycles. The molecule has 0 spiro atoms. The molecule has 0 saturated carbocycles. The topological polar surface area (TPSA) is 52.1 Å². The molecule has 4 rings (SSSR count). The third-order valence-corrected chi connectivity index (χ3v) is 3.11. The van der Waals surface area contributed by atoms with Gasteiger partial charge in [0, 0.05) is 24.6 Å². The molecule has 0 aliphatic carbocycles. The minimum Gasteiger partial charge on any atom is -0.440 e. The van der Waals surface area contributed by atoms with Crippen molar-refractivity contribution in [1.82, 2.24) is 9.97 Å². The Bertz CT molecular complexity index is 827. The smallest absolute Gasteiger partial charge is 0.192 e. The predicted octanol–water partition coefficient (Wildman–Crippen LogP) is 3.74. The van der Waals surface area contributed by atoms with Crippen LogP contribution in [0.4, 0.5) is 0 Å². The van der Waals surface area contributed by atoms with Gasteiger partial charge in [-0.05, 0) is 0 Å². The minimum atomic E-state index is 0.642. The zero-order valence-electron chi connectivity index (χ0n) is 10.0. The van der Waals surface area contributed by atoms with Crippen molar-refractivity contribution in [3.8, 4) is 0 Å². The fraction of sp³-hybridized carbons (Fsp3) is 0.143. The van der Waals surface area contributed by atoms with Gasteiger partial charge < -0.3 is 8.83 Å². The fourth-order valence-electron chi connectivity index (χ4n) is 2.42. The normalized spacial score (nSPS) is 11.9. The molecule has 0 radical (unpaired) electrons. The molecule has 0 aliphatic rings. The van der Waals surface area contributed by atoms with Crippen LogP contribution in [0, 0.1) is 13.8 Å². The van der Waals surface area contributed by atoms with Gasteiger partial charge in [-0.25, -0.2) is 9.97 Å². The summed E-state index contributed by atoms with van der Waals surface area (Å²) in [5.41, 5.74) is 3.11. The molecule has 4 nitrogen and oxygen atoms in total. The van der Waals surface area contributed by atoms with E-state index in [-0.39, 0.29) is 0 Å². The van der Waals surface area contributed by atoms with Crippen molar-refractivity contribution in [3.05, 3.63) is 36.0 Å². The fourth-order valence-corrected chi connectivity index (χ4v) is 2.42. The van der Waals surface area contributed by atoms with Crippen LogP contribution in [0.3, 0.4) is 0 Å². The van der Waals surface area contributed by atoms with Gasteiger partial charge in [-0.3, -0.25) is 0 Å². The van der Waals surface area contributed by atoms with E-state index in [1.54, 1.807) is 0 Å². The highest BCUT2D eigenvalue weighted by Crippen LogP contribution is 2.34. The van der Waals surface area contributed by atoms with E-state index < -0.39 is 0 Å². The summed E-state index contributed by atoms with van der Waals surface area (Å²) in [6.07, 6.45) is 0. The molecule has 4 aromatic rings. The first-order valence-corrected chi connectivity index (χ1v) is 5.79. The Morgan fingerprint density at radius 2 is 1.22 bits per heavy atom. The van der Waals surface area contributed by atoms with Gasteiger partial charge >= 0.3 is 0 Å². The molecule has 0 unspecified atom stereocenters. The summed E-state index contributed by atoms with van der Waals surface area (Å²) in [7, 11) is 0. The summed E-state index contributed by atoms with van der Waals surface area (Å²) in [5, 5.41) is 2.02. The molecular weight excluding hydrogens is 228 g/mol. The molecular formula is C14H10N2O2. The van der Waals surface area contributed by atoms with Gasteiger partial charge in [-0.1, -0.05) is 24.3 Å². The molecule has 2 aromatic carbocycles. The summed E-state index contributed by atoms with van der Waals surface area (Å²) < 4.78 is 11.4. The first kappa shape index (κ1) is 9.65. The van der Waals surface area contributed by atoms with Crippen LogP contribution in [0.2, 0.25) is 0 Å². The Morgan fingerprint density at radius 3 is 1.67 bits per heavy atom. The Balaban J connectivity index is 2.44. The maximum Gasteiger partial charge on any atom is 0.192 e. The van der Waals surface area contributed by atoms with Gasteiger partial charge in [0.2, 0.25) is 0 Å². The van der Waals surface area contributed by atoms with Crippen LogP contribution in [0.5, 0.6) is 0 Å². The van der Waals surface area contributed by atoms with Crippen molar-refractivity contribution in [3.63, 3.8) is 0 Å². The Hall–Kier alpha value is -2.36. The second-order valence-corrected chi connectivity index (χ2v) is 4.37. The zero-order chi connectivity index (χ0) is 12.3. The molecule has 0 saturated heterocycles. The lowest BCUT2D eigenvalue weighted by atomic mass is 10.1.